The van der Waals surface area contributed by atoms with Gasteiger partial charge in [-0.3, -0.25) is 0 Å². The second kappa shape index (κ2) is 7.21. The molecule has 5 heteroatoms. The number of aryl methyl sites for hydroxylation is 2. The molecule has 2 N–H and O–H groups in total. The van der Waals surface area contributed by atoms with Gasteiger partial charge in [-0.2, -0.15) is 0 Å². The van der Waals surface area contributed by atoms with Crippen LogP contribution in [0.3, 0.4) is 0 Å². The van der Waals surface area contributed by atoms with Crippen LogP contribution in [0.5, 0.6) is 0 Å². The van der Waals surface area contributed by atoms with Crippen LogP contribution in [-0.4, -0.2) is 16.5 Å². The van der Waals surface area contributed by atoms with E-state index in [1.165, 1.54) is 23.9 Å². The van der Waals surface area contributed by atoms with E-state index in [1.807, 2.05) is 26.0 Å². The first-order valence-corrected chi connectivity index (χ1v) is 7.49. The van der Waals surface area contributed by atoms with Crippen molar-refractivity contribution in [2.45, 2.75) is 24.8 Å². The highest BCUT2D eigenvalue weighted by Crippen LogP contribution is 2.21. The van der Waals surface area contributed by atoms with E-state index in [0.717, 1.165) is 17.0 Å². The molecule has 0 fully saturated rings. The first-order valence-electron chi connectivity index (χ1n) is 6.50. The number of hydrogen-bond acceptors (Lipinski definition) is 4. The molecule has 1 heterocycles. The fourth-order valence-corrected chi connectivity index (χ4v) is 2.74. The average Bonchev–Trinajstić information content (AvgIpc) is 2.41. The summed E-state index contributed by atoms with van der Waals surface area (Å²) in [7, 11) is 0. The van der Waals surface area contributed by atoms with Gasteiger partial charge in [0.15, 0.2) is 5.16 Å². The van der Waals surface area contributed by atoms with E-state index in [4.69, 9.17) is 5.73 Å². The maximum absolute atomic E-state index is 13.6. The third-order valence-electron chi connectivity index (χ3n) is 2.62. The second-order valence-electron chi connectivity index (χ2n) is 4.58. The summed E-state index contributed by atoms with van der Waals surface area (Å²) in [4.78, 5) is 8.71. The summed E-state index contributed by atoms with van der Waals surface area (Å²) in [6, 6.07) is 6.70. The number of thioether (sulfide) groups is 1. The minimum absolute atomic E-state index is 0.261. The van der Waals surface area contributed by atoms with E-state index >= 15 is 0 Å². The van der Waals surface area contributed by atoms with Gasteiger partial charge in [0.25, 0.3) is 0 Å². The maximum Gasteiger partial charge on any atom is 0.188 e. The minimum atomic E-state index is -0.296. The van der Waals surface area contributed by atoms with E-state index in [1.54, 1.807) is 0 Å². The van der Waals surface area contributed by atoms with Gasteiger partial charge in [0, 0.05) is 22.7 Å². The molecule has 21 heavy (non-hydrogen) atoms. The van der Waals surface area contributed by atoms with E-state index < -0.39 is 0 Å². The van der Waals surface area contributed by atoms with E-state index in [0.29, 0.717) is 16.5 Å². The highest BCUT2D eigenvalue weighted by Gasteiger charge is 2.04. The van der Waals surface area contributed by atoms with Gasteiger partial charge in [0.05, 0.1) is 6.54 Å². The zero-order chi connectivity index (χ0) is 15.2. The van der Waals surface area contributed by atoms with Crippen molar-refractivity contribution < 1.29 is 4.39 Å². The molecule has 108 valence electrons. The normalized spacial score (nSPS) is 10.1. The molecule has 0 amide bonds. The summed E-state index contributed by atoms with van der Waals surface area (Å²) < 4.78 is 13.6. The van der Waals surface area contributed by atoms with Crippen molar-refractivity contribution in [3.63, 3.8) is 0 Å². The number of hydrogen-bond donors (Lipinski definition) is 1. The van der Waals surface area contributed by atoms with Crippen LogP contribution in [0.15, 0.2) is 29.4 Å². The Morgan fingerprint density at radius 2 is 1.86 bits per heavy atom. The number of halogens is 1. The minimum Gasteiger partial charge on any atom is -0.320 e. The summed E-state index contributed by atoms with van der Waals surface area (Å²) in [6.07, 6.45) is 0. The van der Waals surface area contributed by atoms with Crippen molar-refractivity contribution in [3.8, 4) is 11.8 Å². The number of nitrogens with zero attached hydrogens (tertiary/aromatic N) is 2. The zero-order valence-corrected chi connectivity index (χ0v) is 12.8. The molecule has 0 spiro atoms. The van der Waals surface area contributed by atoms with Gasteiger partial charge < -0.3 is 5.73 Å². The Morgan fingerprint density at radius 3 is 2.52 bits per heavy atom. The fraction of sp³-hybridized carbons (Fsp3) is 0.250. The van der Waals surface area contributed by atoms with Crippen LogP contribution in [0.25, 0.3) is 0 Å². The Labute approximate surface area is 128 Å². The molecule has 1 aromatic carbocycles. The zero-order valence-electron chi connectivity index (χ0n) is 12.0. The standard InChI is InChI=1S/C16H16FN3S/c1-11-6-12(2)20-16(19-11)21-10-14-7-13(4-3-5-18)8-15(17)9-14/h6-9H,5,10,18H2,1-2H3. The van der Waals surface area contributed by atoms with Crippen molar-refractivity contribution in [1.82, 2.24) is 9.97 Å². The van der Waals surface area contributed by atoms with Crippen LogP contribution in [0.2, 0.25) is 0 Å². The second-order valence-corrected chi connectivity index (χ2v) is 5.52. The lowest BCUT2D eigenvalue weighted by atomic mass is 10.1. The number of nitrogens with two attached hydrogens (primary N) is 1. The Kier molecular flexibility index (Phi) is 5.32. The highest BCUT2D eigenvalue weighted by molar-refractivity contribution is 7.98. The number of benzene rings is 1. The molecule has 0 bridgehead atoms. The van der Waals surface area contributed by atoms with Gasteiger partial charge in [0.1, 0.15) is 5.82 Å². The maximum atomic E-state index is 13.6. The van der Waals surface area contributed by atoms with Crippen molar-refractivity contribution in [2.24, 2.45) is 5.73 Å². The van der Waals surface area contributed by atoms with E-state index in [9.17, 15) is 4.39 Å². The Bertz CT molecular complexity index is 684. The Morgan fingerprint density at radius 1 is 1.14 bits per heavy atom. The largest absolute Gasteiger partial charge is 0.320 e. The lowest BCUT2D eigenvalue weighted by molar-refractivity contribution is 0.626. The van der Waals surface area contributed by atoms with Gasteiger partial charge in [-0.15, -0.1) is 0 Å². The van der Waals surface area contributed by atoms with Crippen LogP contribution in [0.1, 0.15) is 22.5 Å². The molecule has 0 radical (unpaired) electrons. The smallest absolute Gasteiger partial charge is 0.188 e. The van der Waals surface area contributed by atoms with Crippen LogP contribution < -0.4 is 5.73 Å². The summed E-state index contributed by atoms with van der Waals surface area (Å²) in [5.74, 6) is 5.87. The lowest BCUT2D eigenvalue weighted by Crippen LogP contribution is -1.95. The quantitative estimate of drug-likeness (QED) is 0.538. The lowest BCUT2D eigenvalue weighted by Gasteiger charge is -2.04. The molecule has 3 nitrogen and oxygen atoms in total. The van der Waals surface area contributed by atoms with Crippen LogP contribution in [0.4, 0.5) is 4.39 Å². The molecule has 2 rings (SSSR count). The van der Waals surface area contributed by atoms with E-state index in [-0.39, 0.29) is 12.4 Å². The summed E-state index contributed by atoms with van der Waals surface area (Å²) in [5, 5.41) is 0.700. The predicted octanol–water partition coefficient (Wildman–Crippen LogP) is 2.84. The molecule has 0 aliphatic rings. The van der Waals surface area contributed by atoms with Crippen LogP contribution in [0, 0.1) is 31.5 Å². The SMILES string of the molecule is Cc1cc(C)nc(SCc2cc(F)cc(C#CCN)c2)n1. The van der Waals surface area contributed by atoms with Crippen molar-refractivity contribution in [3.05, 3.63) is 52.6 Å². The van der Waals surface area contributed by atoms with Crippen molar-refractivity contribution in [2.75, 3.05) is 6.54 Å². The van der Waals surface area contributed by atoms with Crippen molar-refractivity contribution >= 4 is 11.8 Å². The first kappa shape index (κ1) is 15.5. The number of aromatic nitrogens is 2. The molecule has 2 aromatic rings. The third-order valence-corrected chi connectivity index (χ3v) is 3.54. The molecule has 0 saturated heterocycles. The molecule has 0 aliphatic heterocycles. The van der Waals surface area contributed by atoms with E-state index in [2.05, 4.69) is 21.8 Å². The molecule has 1 aromatic heterocycles. The van der Waals surface area contributed by atoms with Crippen LogP contribution >= 0.6 is 11.8 Å². The molecular weight excluding hydrogens is 285 g/mol. The van der Waals surface area contributed by atoms with Gasteiger partial charge in [-0.25, -0.2) is 14.4 Å². The molecular formula is C16H16FN3S. The topological polar surface area (TPSA) is 51.8 Å². The first-order chi connectivity index (χ1) is 10.1. The van der Waals surface area contributed by atoms with Gasteiger partial charge >= 0.3 is 0 Å². The Balaban J connectivity index is 2.14. The fourth-order valence-electron chi connectivity index (χ4n) is 1.87. The monoisotopic (exact) mass is 301 g/mol. The summed E-state index contributed by atoms with van der Waals surface area (Å²) >= 11 is 1.48. The summed E-state index contributed by atoms with van der Waals surface area (Å²) in [5.41, 5.74) is 8.67. The van der Waals surface area contributed by atoms with Crippen molar-refractivity contribution in [1.29, 1.82) is 0 Å². The number of rotatable bonds is 3. The van der Waals surface area contributed by atoms with Crippen LogP contribution in [-0.2, 0) is 5.75 Å². The summed E-state index contributed by atoms with van der Waals surface area (Å²) in [6.45, 7) is 4.12. The molecule has 0 unspecified atom stereocenters. The average molecular weight is 301 g/mol. The highest BCUT2D eigenvalue weighted by atomic mass is 32.2. The Hall–Kier alpha value is -1.90. The molecule has 0 saturated carbocycles. The molecule has 0 aliphatic carbocycles. The van der Waals surface area contributed by atoms with Gasteiger partial charge in [-0.1, -0.05) is 23.6 Å². The predicted molar refractivity (Wildman–Crippen MR) is 83.4 cm³/mol. The van der Waals surface area contributed by atoms with Gasteiger partial charge in [-0.05, 0) is 43.7 Å². The third kappa shape index (κ3) is 4.85. The van der Waals surface area contributed by atoms with Gasteiger partial charge in [0.2, 0.25) is 0 Å². The molecule has 0 atom stereocenters.